The molecule has 1 atom stereocenters. The lowest BCUT2D eigenvalue weighted by Gasteiger charge is -2.19. The van der Waals surface area contributed by atoms with E-state index in [1.165, 1.54) is 6.42 Å². The van der Waals surface area contributed by atoms with Gasteiger partial charge in [0.2, 0.25) is 0 Å². The van der Waals surface area contributed by atoms with Crippen molar-refractivity contribution in [2.24, 2.45) is 5.92 Å². The van der Waals surface area contributed by atoms with Crippen LogP contribution in [0.15, 0.2) is 18.2 Å². The van der Waals surface area contributed by atoms with Crippen LogP contribution in [0.25, 0.3) is 0 Å². The number of rotatable bonds is 1. The Morgan fingerprint density at radius 1 is 1.41 bits per heavy atom. The van der Waals surface area contributed by atoms with Crippen LogP contribution in [0.3, 0.4) is 0 Å². The van der Waals surface area contributed by atoms with Gasteiger partial charge in [-0.15, -0.1) is 0 Å². The zero-order valence-corrected chi connectivity index (χ0v) is 10.8. The molecule has 1 unspecified atom stereocenters. The molecule has 0 aromatic carbocycles. The first-order valence-corrected chi connectivity index (χ1v) is 6.46. The molecule has 1 aliphatic rings. The fourth-order valence-electron chi connectivity index (χ4n) is 2.16. The molecule has 0 spiro atoms. The largest absolute Gasteiger partial charge is 0.337 e. The zero-order chi connectivity index (χ0) is 12.3. The molecule has 1 aromatic rings. The summed E-state index contributed by atoms with van der Waals surface area (Å²) >= 11 is 5.80. The van der Waals surface area contributed by atoms with Gasteiger partial charge in [-0.1, -0.05) is 24.6 Å². The molecule has 1 fully saturated rings. The Bertz CT molecular complexity index is 408. The molecule has 4 heteroatoms. The van der Waals surface area contributed by atoms with Crippen molar-refractivity contribution in [3.63, 3.8) is 0 Å². The number of halogens is 1. The molecule has 0 bridgehead atoms. The third kappa shape index (κ3) is 3.19. The number of likely N-dealkylation sites (tertiary alicyclic amines) is 1. The van der Waals surface area contributed by atoms with E-state index in [-0.39, 0.29) is 5.91 Å². The first kappa shape index (κ1) is 12.4. The molecule has 2 heterocycles. The summed E-state index contributed by atoms with van der Waals surface area (Å²) < 4.78 is 0. The molecule has 1 saturated heterocycles. The minimum atomic E-state index is 0.00148. The quantitative estimate of drug-likeness (QED) is 0.720. The maximum absolute atomic E-state index is 12.2. The van der Waals surface area contributed by atoms with Crippen LogP contribution in [-0.4, -0.2) is 28.9 Å². The molecule has 0 radical (unpaired) electrons. The van der Waals surface area contributed by atoms with Crippen LogP contribution in [-0.2, 0) is 0 Å². The lowest BCUT2D eigenvalue weighted by Crippen LogP contribution is -2.32. The molecular formula is C13H17ClN2O. The zero-order valence-electron chi connectivity index (χ0n) is 10.0. The van der Waals surface area contributed by atoms with Gasteiger partial charge in [0.05, 0.1) is 0 Å². The van der Waals surface area contributed by atoms with E-state index in [1.807, 2.05) is 4.90 Å². The van der Waals surface area contributed by atoms with Crippen LogP contribution in [0, 0.1) is 5.92 Å². The van der Waals surface area contributed by atoms with Crippen molar-refractivity contribution in [1.29, 1.82) is 0 Å². The van der Waals surface area contributed by atoms with E-state index in [4.69, 9.17) is 11.6 Å². The minimum absolute atomic E-state index is 0.00148. The lowest BCUT2D eigenvalue weighted by molar-refractivity contribution is 0.0754. The predicted octanol–water partition coefficient (Wildman–Crippen LogP) is 3.00. The highest BCUT2D eigenvalue weighted by Gasteiger charge is 2.20. The SMILES string of the molecule is CC1CCCN(C(=O)c2cccc(Cl)n2)CC1. The number of hydrogen-bond acceptors (Lipinski definition) is 2. The number of pyridine rings is 1. The third-order valence-corrected chi connectivity index (χ3v) is 3.45. The van der Waals surface area contributed by atoms with Crippen LogP contribution < -0.4 is 0 Å². The summed E-state index contributed by atoms with van der Waals surface area (Å²) in [6, 6.07) is 5.17. The Morgan fingerprint density at radius 2 is 2.24 bits per heavy atom. The number of hydrogen-bond donors (Lipinski definition) is 0. The molecule has 1 aromatic heterocycles. The van der Waals surface area contributed by atoms with E-state index in [0.717, 1.165) is 25.9 Å². The molecule has 0 N–H and O–H groups in total. The number of carbonyl (C=O) groups is 1. The Hall–Kier alpha value is -1.09. The first-order chi connectivity index (χ1) is 8.16. The fraction of sp³-hybridized carbons (Fsp3) is 0.538. The number of nitrogens with zero attached hydrogens (tertiary/aromatic N) is 2. The average Bonchev–Trinajstić information content (AvgIpc) is 2.53. The second-order valence-electron chi connectivity index (χ2n) is 4.67. The molecule has 17 heavy (non-hydrogen) atoms. The van der Waals surface area contributed by atoms with E-state index in [2.05, 4.69) is 11.9 Å². The number of amides is 1. The standard InChI is InChI=1S/C13H17ClN2O/c1-10-4-3-8-16(9-7-10)13(17)11-5-2-6-12(14)15-11/h2,5-6,10H,3-4,7-9H2,1H3. The third-order valence-electron chi connectivity index (χ3n) is 3.24. The van der Waals surface area contributed by atoms with Gasteiger partial charge < -0.3 is 4.90 Å². The summed E-state index contributed by atoms with van der Waals surface area (Å²) in [5.74, 6) is 0.710. The Labute approximate surface area is 107 Å². The molecule has 92 valence electrons. The van der Waals surface area contributed by atoms with Crippen molar-refractivity contribution in [3.8, 4) is 0 Å². The van der Waals surface area contributed by atoms with Crippen LogP contribution in [0.2, 0.25) is 5.15 Å². The Morgan fingerprint density at radius 3 is 3.00 bits per heavy atom. The van der Waals surface area contributed by atoms with Crippen LogP contribution in [0.1, 0.15) is 36.7 Å². The summed E-state index contributed by atoms with van der Waals surface area (Å²) in [6.07, 6.45) is 3.35. The van der Waals surface area contributed by atoms with Gasteiger partial charge in [-0.3, -0.25) is 4.79 Å². The molecule has 0 saturated carbocycles. The van der Waals surface area contributed by atoms with Crippen molar-refractivity contribution in [1.82, 2.24) is 9.88 Å². The predicted molar refractivity (Wildman–Crippen MR) is 68.2 cm³/mol. The van der Waals surface area contributed by atoms with Crippen molar-refractivity contribution < 1.29 is 4.79 Å². The van der Waals surface area contributed by atoms with Crippen molar-refractivity contribution in [2.75, 3.05) is 13.1 Å². The van der Waals surface area contributed by atoms with Crippen LogP contribution in [0.5, 0.6) is 0 Å². The molecular weight excluding hydrogens is 236 g/mol. The van der Waals surface area contributed by atoms with E-state index in [1.54, 1.807) is 18.2 Å². The van der Waals surface area contributed by atoms with Gasteiger partial charge in [-0.05, 0) is 37.3 Å². The summed E-state index contributed by atoms with van der Waals surface area (Å²) in [7, 11) is 0. The van der Waals surface area contributed by atoms with Crippen LogP contribution >= 0.6 is 11.6 Å². The van der Waals surface area contributed by atoms with Gasteiger partial charge in [0.1, 0.15) is 10.8 Å². The van der Waals surface area contributed by atoms with Crippen molar-refractivity contribution in [2.45, 2.75) is 26.2 Å². The second kappa shape index (κ2) is 5.50. The summed E-state index contributed by atoms with van der Waals surface area (Å²) in [4.78, 5) is 18.2. The number of carbonyl (C=O) groups excluding carboxylic acids is 1. The highest BCUT2D eigenvalue weighted by molar-refractivity contribution is 6.29. The van der Waals surface area contributed by atoms with Crippen molar-refractivity contribution in [3.05, 3.63) is 29.0 Å². The molecule has 0 aliphatic carbocycles. The normalized spacial score (nSPS) is 21.1. The molecule has 1 amide bonds. The maximum atomic E-state index is 12.2. The van der Waals surface area contributed by atoms with E-state index in [9.17, 15) is 4.79 Å². The topological polar surface area (TPSA) is 33.2 Å². The van der Waals surface area contributed by atoms with Gasteiger partial charge in [0.15, 0.2) is 0 Å². The van der Waals surface area contributed by atoms with E-state index < -0.39 is 0 Å². The first-order valence-electron chi connectivity index (χ1n) is 6.08. The van der Waals surface area contributed by atoms with Crippen molar-refractivity contribution >= 4 is 17.5 Å². The monoisotopic (exact) mass is 252 g/mol. The van der Waals surface area contributed by atoms with E-state index in [0.29, 0.717) is 16.8 Å². The maximum Gasteiger partial charge on any atom is 0.272 e. The van der Waals surface area contributed by atoms with Crippen LogP contribution in [0.4, 0.5) is 0 Å². The van der Waals surface area contributed by atoms with E-state index >= 15 is 0 Å². The van der Waals surface area contributed by atoms with Gasteiger partial charge in [0.25, 0.3) is 5.91 Å². The van der Waals surface area contributed by atoms with Gasteiger partial charge in [-0.2, -0.15) is 0 Å². The Balaban J connectivity index is 2.09. The second-order valence-corrected chi connectivity index (χ2v) is 5.06. The van der Waals surface area contributed by atoms with Gasteiger partial charge >= 0.3 is 0 Å². The average molecular weight is 253 g/mol. The highest BCUT2D eigenvalue weighted by atomic mass is 35.5. The summed E-state index contributed by atoms with van der Waals surface area (Å²) in [5, 5.41) is 0.374. The smallest absolute Gasteiger partial charge is 0.272 e. The van der Waals surface area contributed by atoms with Gasteiger partial charge in [0, 0.05) is 13.1 Å². The summed E-state index contributed by atoms with van der Waals surface area (Å²) in [6.45, 7) is 3.90. The number of aromatic nitrogens is 1. The molecule has 1 aliphatic heterocycles. The van der Waals surface area contributed by atoms with Gasteiger partial charge in [-0.25, -0.2) is 4.98 Å². The summed E-state index contributed by atoms with van der Waals surface area (Å²) in [5.41, 5.74) is 0.451. The molecule has 3 nitrogen and oxygen atoms in total. The highest BCUT2D eigenvalue weighted by Crippen LogP contribution is 2.18. The lowest BCUT2D eigenvalue weighted by atomic mass is 10.0. The fourth-order valence-corrected chi connectivity index (χ4v) is 2.32. The molecule has 2 rings (SSSR count). The Kier molecular flexibility index (Phi) is 4.00. The minimum Gasteiger partial charge on any atom is -0.337 e.